The number of hydrogen-bond donors (Lipinski definition) is 1. The zero-order chi connectivity index (χ0) is 10.5. The summed E-state index contributed by atoms with van der Waals surface area (Å²) in [4.78, 5) is 0.578. The van der Waals surface area contributed by atoms with Crippen molar-refractivity contribution in [3.8, 4) is 0 Å². The minimum absolute atomic E-state index is 0.170. The molecule has 1 atom stereocenters. The Morgan fingerprint density at radius 3 is 3.07 bits per heavy atom. The van der Waals surface area contributed by atoms with Gasteiger partial charge in [0.25, 0.3) is 0 Å². The Hall–Kier alpha value is -0.870. The molecule has 0 radical (unpaired) electrons. The van der Waals surface area contributed by atoms with Crippen LogP contribution in [-0.2, 0) is 16.3 Å². The first-order valence-corrected chi connectivity index (χ1v) is 6.89. The second-order valence-corrected chi connectivity index (χ2v) is 6.26. The lowest BCUT2D eigenvalue weighted by Crippen LogP contribution is -2.21. The number of hydrogen-bond acceptors (Lipinski definition) is 3. The SMILES string of the molecule is O=S1(=O)CC2CNCCc3cccc1c32. The van der Waals surface area contributed by atoms with Crippen LogP contribution in [0.25, 0.3) is 0 Å². The first-order chi connectivity index (χ1) is 7.18. The van der Waals surface area contributed by atoms with Gasteiger partial charge in [0.05, 0.1) is 10.6 Å². The van der Waals surface area contributed by atoms with E-state index in [4.69, 9.17) is 0 Å². The van der Waals surface area contributed by atoms with Gasteiger partial charge in [-0.05, 0) is 30.2 Å². The zero-order valence-corrected chi connectivity index (χ0v) is 9.18. The molecule has 1 unspecified atom stereocenters. The van der Waals surface area contributed by atoms with Crippen LogP contribution in [0.3, 0.4) is 0 Å². The lowest BCUT2D eigenvalue weighted by molar-refractivity contribution is 0.592. The average molecular weight is 223 g/mol. The molecule has 0 aromatic heterocycles. The van der Waals surface area contributed by atoms with Crippen LogP contribution in [0.2, 0.25) is 0 Å². The minimum Gasteiger partial charge on any atom is -0.316 e. The summed E-state index contributed by atoms with van der Waals surface area (Å²) in [5, 5.41) is 3.30. The van der Waals surface area contributed by atoms with Gasteiger partial charge in [-0.1, -0.05) is 12.1 Å². The van der Waals surface area contributed by atoms with Crippen molar-refractivity contribution in [1.82, 2.24) is 5.32 Å². The molecule has 0 bridgehead atoms. The molecule has 3 rings (SSSR count). The van der Waals surface area contributed by atoms with Crippen LogP contribution in [0.4, 0.5) is 0 Å². The lowest BCUT2D eigenvalue weighted by Gasteiger charge is -2.08. The summed E-state index contributed by atoms with van der Waals surface area (Å²) >= 11 is 0. The Kier molecular flexibility index (Phi) is 1.91. The van der Waals surface area contributed by atoms with Crippen molar-refractivity contribution in [1.29, 1.82) is 0 Å². The Morgan fingerprint density at radius 2 is 2.20 bits per heavy atom. The molecule has 0 aliphatic carbocycles. The number of rotatable bonds is 0. The molecule has 0 fully saturated rings. The van der Waals surface area contributed by atoms with Gasteiger partial charge in [-0.15, -0.1) is 0 Å². The van der Waals surface area contributed by atoms with E-state index in [1.807, 2.05) is 6.07 Å². The normalized spacial score (nSPS) is 27.1. The summed E-state index contributed by atoms with van der Waals surface area (Å²) in [6.07, 6.45) is 0.940. The summed E-state index contributed by atoms with van der Waals surface area (Å²) in [6.45, 7) is 1.75. The van der Waals surface area contributed by atoms with E-state index in [0.29, 0.717) is 4.90 Å². The maximum Gasteiger partial charge on any atom is 0.179 e. The van der Waals surface area contributed by atoms with Crippen molar-refractivity contribution in [3.05, 3.63) is 29.3 Å². The van der Waals surface area contributed by atoms with Crippen LogP contribution >= 0.6 is 0 Å². The summed E-state index contributed by atoms with van der Waals surface area (Å²) in [5.41, 5.74) is 2.30. The van der Waals surface area contributed by atoms with Crippen molar-refractivity contribution in [2.75, 3.05) is 18.8 Å². The monoisotopic (exact) mass is 223 g/mol. The third kappa shape index (κ3) is 1.32. The van der Waals surface area contributed by atoms with Gasteiger partial charge in [-0.3, -0.25) is 0 Å². The molecule has 4 heteroatoms. The highest BCUT2D eigenvalue weighted by Crippen LogP contribution is 2.37. The Morgan fingerprint density at radius 1 is 1.33 bits per heavy atom. The number of benzene rings is 1. The van der Waals surface area contributed by atoms with Crippen molar-refractivity contribution >= 4 is 9.84 Å². The first-order valence-electron chi connectivity index (χ1n) is 5.24. The summed E-state index contributed by atoms with van der Waals surface area (Å²) in [6, 6.07) is 5.67. The summed E-state index contributed by atoms with van der Waals surface area (Å²) in [7, 11) is -3.01. The fourth-order valence-electron chi connectivity index (χ4n) is 2.64. The van der Waals surface area contributed by atoms with E-state index >= 15 is 0 Å². The van der Waals surface area contributed by atoms with Crippen LogP contribution < -0.4 is 5.32 Å². The van der Waals surface area contributed by atoms with Gasteiger partial charge in [0.1, 0.15) is 0 Å². The molecular formula is C11H13NO2S. The van der Waals surface area contributed by atoms with Gasteiger partial charge < -0.3 is 5.32 Å². The van der Waals surface area contributed by atoms with Crippen LogP contribution in [0, 0.1) is 0 Å². The fraction of sp³-hybridized carbons (Fsp3) is 0.455. The second kappa shape index (κ2) is 3.06. The molecule has 1 N–H and O–H groups in total. The minimum atomic E-state index is -3.01. The molecule has 2 aliphatic rings. The highest BCUT2D eigenvalue weighted by atomic mass is 32.2. The van der Waals surface area contributed by atoms with Crippen molar-refractivity contribution in [2.45, 2.75) is 17.2 Å². The van der Waals surface area contributed by atoms with Crippen molar-refractivity contribution in [3.63, 3.8) is 0 Å². The van der Waals surface area contributed by atoms with Gasteiger partial charge in [0.15, 0.2) is 9.84 Å². The molecule has 3 nitrogen and oxygen atoms in total. The van der Waals surface area contributed by atoms with Crippen molar-refractivity contribution < 1.29 is 8.42 Å². The predicted molar refractivity (Wildman–Crippen MR) is 57.8 cm³/mol. The van der Waals surface area contributed by atoms with E-state index in [9.17, 15) is 8.42 Å². The van der Waals surface area contributed by atoms with E-state index < -0.39 is 9.84 Å². The maximum absolute atomic E-state index is 11.9. The highest BCUT2D eigenvalue weighted by molar-refractivity contribution is 7.91. The molecule has 1 aromatic rings. The van der Waals surface area contributed by atoms with Gasteiger partial charge in [0.2, 0.25) is 0 Å². The van der Waals surface area contributed by atoms with E-state index in [2.05, 4.69) is 11.4 Å². The van der Waals surface area contributed by atoms with Crippen LogP contribution in [0.1, 0.15) is 17.0 Å². The largest absolute Gasteiger partial charge is 0.316 e. The molecule has 0 amide bonds. The van der Waals surface area contributed by atoms with Gasteiger partial charge in [-0.25, -0.2) is 8.42 Å². The van der Waals surface area contributed by atoms with Gasteiger partial charge in [0, 0.05) is 12.5 Å². The van der Waals surface area contributed by atoms with E-state index in [0.717, 1.165) is 25.1 Å². The molecule has 2 heterocycles. The van der Waals surface area contributed by atoms with Gasteiger partial charge in [-0.2, -0.15) is 0 Å². The number of sulfone groups is 1. The molecule has 15 heavy (non-hydrogen) atoms. The van der Waals surface area contributed by atoms with Crippen LogP contribution in [-0.4, -0.2) is 27.3 Å². The topological polar surface area (TPSA) is 46.2 Å². The highest BCUT2D eigenvalue weighted by Gasteiger charge is 2.36. The molecular weight excluding hydrogens is 210 g/mol. The van der Waals surface area contributed by atoms with E-state index in [-0.39, 0.29) is 11.7 Å². The quantitative estimate of drug-likeness (QED) is 0.704. The summed E-state index contributed by atoms with van der Waals surface area (Å²) in [5.74, 6) is 0.454. The Bertz CT molecular complexity index is 507. The van der Waals surface area contributed by atoms with Crippen LogP contribution in [0.5, 0.6) is 0 Å². The molecule has 0 saturated heterocycles. The molecule has 0 spiro atoms. The fourth-order valence-corrected chi connectivity index (χ4v) is 4.55. The Labute approximate surface area is 89.4 Å². The number of nitrogens with one attached hydrogen (secondary N) is 1. The third-order valence-electron chi connectivity index (χ3n) is 3.28. The van der Waals surface area contributed by atoms with E-state index in [1.54, 1.807) is 6.07 Å². The van der Waals surface area contributed by atoms with Crippen molar-refractivity contribution in [2.24, 2.45) is 0 Å². The molecule has 80 valence electrons. The second-order valence-electron chi connectivity index (χ2n) is 4.26. The maximum atomic E-state index is 11.9. The first kappa shape index (κ1) is 9.36. The summed E-state index contributed by atoms with van der Waals surface area (Å²) < 4.78 is 23.8. The standard InChI is InChI=1S/C11H13NO2S/c13-15(14)7-9-6-12-5-4-8-2-1-3-10(15)11(8)9/h1-3,9,12H,4-7H2. The van der Waals surface area contributed by atoms with Gasteiger partial charge >= 0.3 is 0 Å². The average Bonchev–Trinajstić information content (AvgIpc) is 2.35. The zero-order valence-electron chi connectivity index (χ0n) is 8.36. The smallest absolute Gasteiger partial charge is 0.179 e. The molecule has 0 saturated carbocycles. The third-order valence-corrected chi connectivity index (χ3v) is 5.15. The molecule has 2 aliphatic heterocycles. The predicted octanol–water partition coefficient (Wildman–Crippen LogP) is 0.703. The lowest BCUT2D eigenvalue weighted by atomic mass is 9.96. The molecule has 1 aromatic carbocycles. The van der Waals surface area contributed by atoms with Crippen LogP contribution in [0.15, 0.2) is 23.1 Å². The van der Waals surface area contributed by atoms with E-state index in [1.165, 1.54) is 5.56 Å². The Balaban J connectivity index is 2.30.